The molecule has 0 aliphatic rings. The third kappa shape index (κ3) is 9.63. The minimum Gasteiger partial charge on any atom is -0.376 e. The predicted octanol–water partition coefficient (Wildman–Crippen LogP) is 2.41. The molecule has 0 aromatic rings. The summed E-state index contributed by atoms with van der Waals surface area (Å²) in [4.78, 5) is 6.31. The average Bonchev–Trinajstić information content (AvgIpc) is 2.42. The molecule has 0 aromatic carbocycles. The second-order valence-electron chi connectivity index (χ2n) is 5.29. The van der Waals surface area contributed by atoms with Crippen LogP contribution in [0.5, 0.6) is 0 Å². The van der Waals surface area contributed by atoms with Gasteiger partial charge in [0.25, 0.3) is 0 Å². The molecule has 1 N–H and O–H groups in total. The van der Waals surface area contributed by atoms with Crippen LogP contribution in [0.15, 0.2) is 16.8 Å². The Morgan fingerprint density at radius 1 is 1.29 bits per heavy atom. The lowest BCUT2D eigenvalue weighted by Gasteiger charge is -2.26. The van der Waals surface area contributed by atoms with E-state index in [9.17, 15) is 8.42 Å². The van der Waals surface area contributed by atoms with Crippen LogP contribution in [-0.2, 0) is 10.0 Å². The van der Waals surface area contributed by atoms with Gasteiger partial charge in [0, 0.05) is 38.1 Å². The number of allylic oxidation sites excluding steroid dienone is 2. The Bertz CT molecular complexity index is 430. The van der Waals surface area contributed by atoms with E-state index >= 15 is 0 Å². The standard InChI is InChI=1S/C15H31N3O2S/c1-6-10-16-11-9-14(4)18(5)13-15(8-3)17-21(19,20)12-7-2/h9,11,15,17H,6-8,10,12-13H2,1-5H3. The summed E-state index contributed by atoms with van der Waals surface area (Å²) in [5, 5.41) is 0. The highest BCUT2D eigenvalue weighted by Gasteiger charge is 2.17. The van der Waals surface area contributed by atoms with Crippen molar-refractivity contribution in [3.05, 3.63) is 11.8 Å². The van der Waals surface area contributed by atoms with E-state index in [2.05, 4.69) is 21.5 Å². The van der Waals surface area contributed by atoms with Gasteiger partial charge in [-0.15, -0.1) is 0 Å². The fourth-order valence-electron chi connectivity index (χ4n) is 1.80. The van der Waals surface area contributed by atoms with Gasteiger partial charge in [-0.3, -0.25) is 4.99 Å². The van der Waals surface area contributed by atoms with Crippen LogP contribution in [0.1, 0.15) is 47.0 Å². The molecule has 0 amide bonds. The van der Waals surface area contributed by atoms with Crippen LogP contribution in [0.25, 0.3) is 0 Å². The Hall–Kier alpha value is -0.880. The molecule has 0 bridgehead atoms. The van der Waals surface area contributed by atoms with Gasteiger partial charge < -0.3 is 4.90 Å². The van der Waals surface area contributed by atoms with Gasteiger partial charge in [0.2, 0.25) is 10.0 Å². The van der Waals surface area contributed by atoms with Crippen molar-refractivity contribution in [1.29, 1.82) is 0 Å². The zero-order chi connectivity index (χ0) is 16.3. The molecule has 0 fully saturated rings. The van der Waals surface area contributed by atoms with Gasteiger partial charge in [0.05, 0.1) is 5.75 Å². The summed E-state index contributed by atoms with van der Waals surface area (Å²) >= 11 is 0. The fraction of sp³-hybridized carbons (Fsp3) is 0.800. The fourth-order valence-corrected chi connectivity index (χ4v) is 3.20. The van der Waals surface area contributed by atoms with E-state index in [0.717, 1.165) is 25.1 Å². The summed E-state index contributed by atoms with van der Waals surface area (Å²) < 4.78 is 26.4. The van der Waals surface area contributed by atoms with E-state index in [4.69, 9.17) is 0 Å². The average molecular weight is 317 g/mol. The largest absolute Gasteiger partial charge is 0.376 e. The topological polar surface area (TPSA) is 61.8 Å². The van der Waals surface area contributed by atoms with Crippen molar-refractivity contribution < 1.29 is 8.42 Å². The normalized spacial score (nSPS) is 14.6. The molecule has 0 saturated carbocycles. The van der Waals surface area contributed by atoms with Gasteiger partial charge in [-0.05, 0) is 32.3 Å². The SMILES string of the molecule is CCCN=CC=C(C)N(C)CC(CC)NS(=O)(=O)CCC. The highest BCUT2D eigenvalue weighted by molar-refractivity contribution is 7.89. The maximum absolute atomic E-state index is 11.8. The molecule has 1 atom stereocenters. The minimum atomic E-state index is -3.16. The van der Waals surface area contributed by atoms with Crippen LogP contribution in [0.2, 0.25) is 0 Å². The van der Waals surface area contributed by atoms with Crippen molar-refractivity contribution in [1.82, 2.24) is 9.62 Å². The molecular formula is C15H31N3O2S. The van der Waals surface area contributed by atoms with Crippen molar-refractivity contribution in [3.8, 4) is 0 Å². The summed E-state index contributed by atoms with van der Waals surface area (Å²) in [6, 6.07) is -0.0671. The van der Waals surface area contributed by atoms with Crippen LogP contribution in [0.3, 0.4) is 0 Å². The molecule has 5 nitrogen and oxygen atoms in total. The van der Waals surface area contributed by atoms with Gasteiger partial charge in [0.1, 0.15) is 0 Å². The summed E-state index contributed by atoms with van der Waals surface area (Å²) in [6.45, 7) is 9.45. The van der Waals surface area contributed by atoms with Crippen LogP contribution < -0.4 is 4.72 Å². The number of hydrogen-bond donors (Lipinski definition) is 1. The van der Waals surface area contributed by atoms with Crippen LogP contribution in [-0.4, -0.2) is 51.5 Å². The van der Waals surface area contributed by atoms with Crippen molar-refractivity contribution in [2.75, 3.05) is 25.9 Å². The molecule has 124 valence electrons. The van der Waals surface area contributed by atoms with Gasteiger partial charge in [-0.25, -0.2) is 13.1 Å². The van der Waals surface area contributed by atoms with Crippen molar-refractivity contribution >= 4 is 16.2 Å². The molecule has 0 aliphatic heterocycles. The van der Waals surface area contributed by atoms with Crippen molar-refractivity contribution in [3.63, 3.8) is 0 Å². The minimum absolute atomic E-state index is 0.0671. The maximum atomic E-state index is 11.8. The van der Waals surface area contributed by atoms with Crippen LogP contribution >= 0.6 is 0 Å². The summed E-state index contributed by atoms with van der Waals surface area (Å²) in [5.41, 5.74) is 1.07. The molecule has 0 radical (unpaired) electrons. The third-order valence-corrected chi connectivity index (χ3v) is 4.82. The second-order valence-corrected chi connectivity index (χ2v) is 7.16. The first-order valence-electron chi connectivity index (χ1n) is 7.74. The highest BCUT2D eigenvalue weighted by atomic mass is 32.2. The summed E-state index contributed by atoms with van der Waals surface area (Å²) in [5.74, 6) is 0.186. The number of hydrogen-bond acceptors (Lipinski definition) is 4. The van der Waals surface area contributed by atoms with E-state index < -0.39 is 10.0 Å². The first kappa shape index (κ1) is 20.1. The molecule has 0 rings (SSSR count). The van der Waals surface area contributed by atoms with E-state index in [1.165, 1.54) is 0 Å². The lowest BCUT2D eigenvalue weighted by molar-refractivity contribution is 0.362. The van der Waals surface area contributed by atoms with Crippen LogP contribution in [0, 0.1) is 0 Å². The smallest absolute Gasteiger partial charge is 0.211 e. The Labute approximate surface area is 130 Å². The van der Waals surface area contributed by atoms with Crippen molar-refractivity contribution in [2.45, 2.75) is 53.0 Å². The summed E-state index contributed by atoms with van der Waals surface area (Å²) in [6.07, 6.45) is 6.22. The van der Waals surface area contributed by atoms with Crippen molar-refractivity contribution in [2.24, 2.45) is 4.99 Å². The number of aliphatic imine (C=N–C) groups is 1. The zero-order valence-electron chi connectivity index (χ0n) is 14.1. The van der Waals surface area contributed by atoms with Gasteiger partial charge in [0.15, 0.2) is 0 Å². The van der Waals surface area contributed by atoms with E-state index in [-0.39, 0.29) is 11.8 Å². The molecule has 0 spiro atoms. The van der Waals surface area contributed by atoms with E-state index in [1.54, 1.807) is 0 Å². The first-order valence-corrected chi connectivity index (χ1v) is 9.39. The van der Waals surface area contributed by atoms with E-state index in [0.29, 0.717) is 13.0 Å². The molecule has 0 saturated heterocycles. The molecule has 0 heterocycles. The number of nitrogens with one attached hydrogen (secondary N) is 1. The molecule has 0 aromatic heterocycles. The maximum Gasteiger partial charge on any atom is 0.211 e. The van der Waals surface area contributed by atoms with Gasteiger partial charge in [-0.2, -0.15) is 0 Å². The lowest BCUT2D eigenvalue weighted by atomic mass is 10.2. The number of likely N-dealkylation sites (N-methyl/N-ethyl adjacent to an activating group) is 1. The Kier molecular flexibility index (Phi) is 10.3. The van der Waals surface area contributed by atoms with Gasteiger partial charge >= 0.3 is 0 Å². The van der Waals surface area contributed by atoms with Crippen LogP contribution in [0.4, 0.5) is 0 Å². The van der Waals surface area contributed by atoms with E-state index in [1.807, 2.05) is 40.1 Å². The third-order valence-electron chi connectivity index (χ3n) is 3.18. The first-order chi connectivity index (χ1) is 9.86. The summed E-state index contributed by atoms with van der Waals surface area (Å²) in [7, 11) is -1.19. The Morgan fingerprint density at radius 2 is 1.95 bits per heavy atom. The molecule has 1 unspecified atom stereocenters. The quantitative estimate of drug-likeness (QED) is 0.595. The second kappa shape index (κ2) is 10.8. The molecule has 21 heavy (non-hydrogen) atoms. The number of sulfonamides is 1. The zero-order valence-corrected chi connectivity index (χ0v) is 14.9. The number of nitrogens with zero attached hydrogens (tertiary/aromatic N) is 2. The molecule has 0 aliphatic carbocycles. The predicted molar refractivity (Wildman–Crippen MR) is 91.3 cm³/mol. The molecule has 6 heteroatoms. The highest BCUT2D eigenvalue weighted by Crippen LogP contribution is 2.04. The van der Waals surface area contributed by atoms with Gasteiger partial charge in [-0.1, -0.05) is 20.8 Å². The molecular weight excluding hydrogens is 286 g/mol. The Balaban J connectivity index is 4.53. The number of rotatable bonds is 11. The monoisotopic (exact) mass is 317 g/mol. The lowest BCUT2D eigenvalue weighted by Crippen LogP contribution is -2.42. The Morgan fingerprint density at radius 3 is 2.48 bits per heavy atom.